The molecule has 1 atom stereocenters. The van der Waals surface area contributed by atoms with Crippen molar-refractivity contribution in [1.29, 1.82) is 5.26 Å². The number of amides is 1. The van der Waals surface area contributed by atoms with Crippen LogP contribution in [0.2, 0.25) is 0 Å². The number of rotatable bonds is 7. The smallest absolute Gasteiger partial charge is 0.378 e. The van der Waals surface area contributed by atoms with Gasteiger partial charge in [0.1, 0.15) is 18.1 Å². The van der Waals surface area contributed by atoms with Gasteiger partial charge in [-0.15, -0.1) is 10.2 Å². The Bertz CT molecular complexity index is 1410. The van der Waals surface area contributed by atoms with Crippen molar-refractivity contribution in [2.24, 2.45) is 7.05 Å². The fourth-order valence-corrected chi connectivity index (χ4v) is 3.51. The Kier molecular flexibility index (Phi) is 6.91. The Morgan fingerprint density at radius 1 is 1.14 bits per heavy atom. The SMILES string of the molecule is Cn1c(CNc2cccc(C(=O)N[C@@H](C#N)c3ccccc3C(F)(F)F)c2)nnc1-c1ccncn1. The second-order valence-corrected chi connectivity index (χ2v) is 7.65. The van der Waals surface area contributed by atoms with Crippen LogP contribution in [0.5, 0.6) is 0 Å². The van der Waals surface area contributed by atoms with E-state index in [4.69, 9.17) is 0 Å². The van der Waals surface area contributed by atoms with Gasteiger partial charge < -0.3 is 15.2 Å². The molecular formula is C24H19F3N8O. The van der Waals surface area contributed by atoms with E-state index in [0.717, 1.165) is 6.07 Å². The van der Waals surface area contributed by atoms with E-state index in [1.165, 1.54) is 36.7 Å². The molecule has 2 aromatic carbocycles. The number of carbonyl (C=O) groups is 1. The first kappa shape index (κ1) is 24.3. The summed E-state index contributed by atoms with van der Waals surface area (Å²) >= 11 is 0. The zero-order chi connectivity index (χ0) is 25.7. The molecule has 0 aliphatic carbocycles. The van der Waals surface area contributed by atoms with Gasteiger partial charge in [-0.2, -0.15) is 18.4 Å². The Morgan fingerprint density at radius 3 is 2.67 bits per heavy atom. The minimum atomic E-state index is -4.66. The molecule has 12 heteroatoms. The Hall–Kier alpha value is -4.79. The number of hydrogen-bond donors (Lipinski definition) is 2. The minimum Gasteiger partial charge on any atom is -0.378 e. The van der Waals surface area contributed by atoms with Crippen molar-refractivity contribution in [2.45, 2.75) is 18.8 Å². The average Bonchev–Trinajstić information content (AvgIpc) is 3.26. The van der Waals surface area contributed by atoms with Crippen molar-refractivity contribution in [3.63, 3.8) is 0 Å². The molecule has 0 aliphatic heterocycles. The highest BCUT2D eigenvalue weighted by molar-refractivity contribution is 5.95. The van der Waals surface area contributed by atoms with Crippen molar-refractivity contribution in [3.05, 3.63) is 89.6 Å². The van der Waals surface area contributed by atoms with Gasteiger partial charge >= 0.3 is 6.18 Å². The Balaban J connectivity index is 1.47. The van der Waals surface area contributed by atoms with E-state index in [2.05, 4.69) is 30.8 Å². The van der Waals surface area contributed by atoms with Crippen LogP contribution in [0.1, 0.15) is 33.4 Å². The molecule has 4 aromatic rings. The standard InChI is InChI=1S/C24H19F3N8O/c1-35-21(33-34-22(35)19-9-10-29-14-31-19)13-30-16-6-4-5-15(11-16)23(36)32-20(12-28)17-7-2-3-8-18(17)24(25,26)27/h2-11,14,20,30H,13H2,1H3,(H,32,36)/t20-/m0/s1. The van der Waals surface area contributed by atoms with Crippen LogP contribution in [0.25, 0.3) is 11.5 Å². The third-order valence-corrected chi connectivity index (χ3v) is 5.33. The number of halogens is 3. The van der Waals surface area contributed by atoms with Crippen LogP contribution in [-0.2, 0) is 19.8 Å². The predicted molar refractivity (Wildman–Crippen MR) is 123 cm³/mol. The molecule has 0 spiro atoms. The second-order valence-electron chi connectivity index (χ2n) is 7.65. The number of anilines is 1. The van der Waals surface area contributed by atoms with E-state index in [9.17, 15) is 23.2 Å². The summed E-state index contributed by atoms with van der Waals surface area (Å²) in [6.07, 6.45) is -1.64. The molecule has 0 fully saturated rings. The lowest BCUT2D eigenvalue weighted by molar-refractivity contribution is -0.138. The number of carbonyl (C=O) groups excluding carboxylic acids is 1. The molecule has 0 bridgehead atoms. The van der Waals surface area contributed by atoms with Crippen LogP contribution in [0.4, 0.5) is 18.9 Å². The van der Waals surface area contributed by atoms with Crippen molar-refractivity contribution in [2.75, 3.05) is 5.32 Å². The van der Waals surface area contributed by atoms with E-state index in [-0.39, 0.29) is 17.7 Å². The highest BCUT2D eigenvalue weighted by Gasteiger charge is 2.35. The lowest BCUT2D eigenvalue weighted by atomic mass is 10.00. The number of hydrogen-bond acceptors (Lipinski definition) is 7. The number of nitrogens with one attached hydrogen (secondary N) is 2. The van der Waals surface area contributed by atoms with Crippen LogP contribution in [-0.4, -0.2) is 30.6 Å². The van der Waals surface area contributed by atoms with Gasteiger partial charge in [0.05, 0.1) is 18.2 Å². The van der Waals surface area contributed by atoms with E-state index in [0.29, 0.717) is 23.0 Å². The maximum Gasteiger partial charge on any atom is 0.416 e. The highest BCUT2D eigenvalue weighted by Crippen LogP contribution is 2.34. The van der Waals surface area contributed by atoms with E-state index >= 15 is 0 Å². The van der Waals surface area contributed by atoms with Crippen LogP contribution < -0.4 is 10.6 Å². The van der Waals surface area contributed by atoms with Crippen molar-refractivity contribution < 1.29 is 18.0 Å². The predicted octanol–water partition coefficient (Wildman–Crippen LogP) is 3.90. The number of alkyl halides is 3. The Labute approximate surface area is 203 Å². The van der Waals surface area contributed by atoms with Crippen molar-refractivity contribution in [1.82, 2.24) is 30.0 Å². The third-order valence-electron chi connectivity index (χ3n) is 5.33. The van der Waals surface area contributed by atoms with Crippen molar-refractivity contribution >= 4 is 11.6 Å². The summed E-state index contributed by atoms with van der Waals surface area (Å²) in [5.41, 5.74) is 0.0565. The number of nitrogens with zero attached hydrogens (tertiary/aromatic N) is 6. The van der Waals surface area contributed by atoms with Gasteiger partial charge in [0, 0.05) is 30.1 Å². The second kappa shape index (κ2) is 10.2. The van der Waals surface area contributed by atoms with Gasteiger partial charge in [-0.25, -0.2) is 9.97 Å². The summed E-state index contributed by atoms with van der Waals surface area (Å²) in [4.78, 5) is 20.8. The molecule has 0 unspecified atom stereocenters. The van der Waals surface area contributed by atoms with Gasteiger partial charge in [0.2, 0.25) is 0 Å². The fraction of sp³-hybridized carbons (Fsp3) is 0.167. The first-order chi connectivity index (χ1) is 17.3. The molecule has 2 aromatic heterocycles. The lowest BCUT2D eigenvalue weighted by Gasteiger charge is -2.18. The van der Waals surface area contributed by atoms with Crippen LogP contribution in [0.3, 0.4) is 0 Å². The minimum absolute atomic E-state index is 0.171. The van der Waals surface area contributed by atoms with E-state index in [1.807, 2.05) is 0 Å². The zero-order valence-corrected chi connectivity index (χ0v) is 18.9. The third kappa shape index (κ3) is 5.30. The molecule has 4 rings (SSSR count). The van der Waals surface area contributed by atoms with Crippen LogP contribution in [0.15, 0.2) is 67.1 Å². The van der Waals surface area contributed by atoms with Crippen LogP contribution >= 0.6 is 0 Å². The Morgan fingerprint density at radius 2 is 1.94 bits per heavy atom. The van der Waals surface area contributed by atoms with E-state index in [1.54, 1.807) is 42.1 Å². The van der Waals surface area contributed by atoms with E-state index < -0.39 is 23.7 Å². The quantitative estimate of drug-likeness (QED) is 0.401. The molecule has 0 saturated carbocycles. The van der Waals surface area contributed by atoms with Crippen molar-refractivity contribution in [3.8, 4) is 17.6 Å². The summed E-state index contributed by atoms with van der Waals surface area (Å²) in [5.74, 6) is 0.475. The van der Waals surface area contributed by atoms with Gasteiger partial charge in [0.15, 0.2) is 11.6 Å². The first-order valence-corrected chi connectivity index (χ1v) is 10.6. The number of aromatic nitrogens is 5. The normalized spacial score (nSPS) is 12.0. The van der Waals surface area contributed by atoms with Gasteiger partial charge in [-0.3, -0.25) is 4.79 Å². The lowest BCUT2D eigenvalue weighted by Crippen LogP contribution is -2.29. The molecule has 0 saturated heterocycles. The number of nitriles is 1. The first-order valence-electron chi connectivity index (χ1n) is 10.6. The summed E-state index contributed by atoms with van der Waals surface area (Å²) in [5, 5.41) is 23.3. The molecule has 2 N–H and O–H groups in total. The van der Waals surface area contributed by atoms with Gasteiger partial charge in [-0.1, -0.05) is 24.3 Å². The van der Waals surface area contributed by atoms with Gasteiger partial charge in [-0.05, 0) is 30.3 Å². The number of benzene rings is 2. The zero-order valence-electron chi connectivity index (χ0n) is 18.9. The topological polar surface area (TPSA) is 121 Å². The molecule has 36 heavy (non-hydrogen) atoms. The largest absolute Gasteiger partial charge is 0.416 e. The summed E-state index contributed by atoms with van der Waals surface area (Å²) < 4.78 is 41.9. The maximum atomic E-state index is 13.4. The molecule has 0 radical (unpaired) electrons. The molecule has 9 nitrogen and oxygen atoms in total. The average molecular weight is 492 g/mol. The fourth-order valence-electron chi connectivity index (χ4n) is 3.51. The molecule has 2 heterocycles. The molecular weight excluding hydrogens is 473 g/mol. The highest BCUT2D eigenvalue weighted by atomic mass is 19.4. The monoisotopic (exact) mass is 492 g/mol. The molecule has 182 valence electrons. The van der Waals surface area contributed by atoms with Gasteiger partial charge in [0.25, 0.3) is 5.91 Å². The maximum absolute atomic E-state index is 13.4. The summed E-state index contributed by atoms with van der Waals surface area (Å²) in [6.45, 7) is 0.277. The molecule has 1 amide bonds. The van der Waals surface area contributed by atoms with Crippen LogP contribution in [0, 0.1) is 11.3 Å². The molecule has 0 aliphatic rings. The summed E-state index contributed by atoms with van der Waals surface area (Å²) in [7, 11) is 1.79. The summed E-state index contributed by atoms with van der Waals surface area (Å²) in [6, 6.07) is 13.0.